The molecule has 0 bridgehead atoms. The quantitative estimate of drug-likeness (QED) is 0.699. The van der Waals surface area contributed by atoms with Gasteiger partial charge in [0.25, 0.3) is 0 Å². The van der Waals surface area contributed by atoms with Gasteiger partial charge in [-0.05, 0) is 32.1 Å². The number of aliphatic hydroxyl groups is 1. The Balaban J connectivity index is 2.12. The monoisotopic (exact) mass is 294 g/mol. The number of piperidine rings is 1. The third-order valence-electron chi connectivity index (χ3n) is 3.52. The molecule has 0 radical (unpaired) electrons. The molecule has 7 nitrogen and oxygen atoms in total. The van der Waals surface area contributed by atoms with Gasteiger partial charge in [-0.15, -0.1) is 0 Å². The van der Waals surface area contributed by atoms with Crippen molar-refractivity contribution in [1.82, 2.24) is 15.0 Å². The molecule has 0 amide bonds. The van der Waals surface area contributed by atoms with E-state index in [0.717, 1.165) is 25.6 Å². The largest absolute Gasteiger partial charge is 0.396 e. The lowest BCUT2D eigenvalue weighted by Crippen LogP contribution is -2.31. The topological polar surface area (TPSA) is 86.2 Å². The van der Waals surface area contributed by atoms with Crippen molar-refractivity contribution in [2.45, 2.75) is 33.1 Å². The number of nitrogens with one attached hydrogen (secondary N) is 2. The first-order chi connectivity index (χ1) is 10.2. The number of aromatic nitrogens is 3. The lowest BCUT2D eigenvalue weighted by Gasteiger charge is -2.27. The lowest BCUT2D eigenvalue weighted by molar-refractivity contribution is 0.244. The van der Waals surface area contributed by atoms with Gasteiger partial charge in [0.2, 0.25) is 17.8 Å². The van der Waals surface area contributed by atoms with E-state index in [-0.39, 0.29) is 12.5 Å². The summed E-state index contributed by atoms with van der Waals surface area (Å²) in [6, 6.07) is 0. The standard InChI is InChI=1S/C14H26N6O/c1-3-15-12-17-13(16-9-11(2)10-21)19-14(18-12)20-7-5-4-6-8-20/h11,21H,3-10H2,1-2H3,(H2,15,16,17,18,19). The van der Waals surface area contributed by atoms with Crippen molar-refractivity contribution < 1.29 is 5.11 Å². The van der Waals surface area contributed by atoms with Crippen LogP contribution in [-0.2, 0) is 0 Å². The Morgan fingerprint density at radius 2 is 1.76 bits per heavy atom. The normalized spacial score (nSPS) is 16.6. The minimum Gasteiger partial charge on any atom is -0.396 e. The molecule has 1 aliphatic heterocycles. The minimum atomic E-state index is 0.150. The second-order valence-electron chi connectivity index (χ2n) is 5.53. The summed E-state index contributed by atoms with van der Waals surface area (Å²) in [6.07, 6.45) is 3.65. The van der Waals surface area contributed by atoms with Crippen LogP contribution in [0.4, 0.5) is 17.8 Å². The van der Waals surface area contributed by atoms with Gasteiger partial charge < -0.3 is 20.6 Å². The summed E-state index contributed by atoms with van der Waals surface area (Å²) in [5.41, 5.74) is 0. The molecule has 1 aromatic heterocycles. The van der Waals surface area contributed by atoms with Crippen LogP contribution in [0.15, 0.2) is 0 Å². The predicted octanol–water partition coefficient (Wildman–Crippen LogP) is 1.33. The molecule has 0 aliphatic carbocycles. The van der Waals surface area contributed by atoms with Crippen molar-refractivity contribution in [3.8, 4) is 0 Å². The lowest BCUT2D eigenvalue weighted by atomic mass is 10.1. The average molecular weight is 294 g/mol. The zero-order valence-corrected chi connectivity index (χ0v) is 13.0. The summed E-state index contributed by atoms with van der Waals surface area (Å²) >= 11 is 0. The summed E-state index contributed by atoms with van der Waals surface area (Å²) in [5, 5.41) is 15.4. The maximum Gasteiger partial charge on any atom is 0.231 e. The van der Waals surface area contributed by atoms with Gasteiger partial charge in [-0.2, -0.15) is 15.0 Å². The molecule has 0 spiro atoms. The fourth-order valence-electron chi connectivity index (χ4n) is 2.25. The number of rotatable bonds is 7. The van der Waals surface area contributed by atoms with Crippen LogP contribution in [0.2, 0.25) is 0 Å². The molecule has 118 valence electrons. The van der Waals surface area contributed by atoms with E-state index in [2.05, 4.69) is 30.5 Å². The second kappa shape index (κ2) is 7.97. The summed E-state index contributed by atoms with van der Waals surface area (Å²) in [7, 11) is 0. The van der Waals surface area contributed by atoms with Crippen molar-refractivity contribution in [2.75, 3.05) is 48.3 Å². The highest BCUT2D eigenvalue weighted by Gasteiger charge is 2.16. The third-order valence-corrected chi connectivity index (χ3v) is 3.52. The van der Waals surface area contributed by atoms with E-state index in [4.69, 9.17) is 5.11 Å². The molecule has 0 saturated carbocycles. The van der Waals surface area contributed by atoms with Gasteiger partial charge in [-0.1, -0.05) is 6.92 Å². The van der Waals surface area contributed by atoms with Crippen LogP contribution in [0, 0.1) is 5.92 Å². The van der Waals surface area contributed by atoms with Gasteiger partial charge >= 0.3 is 0 Å². The van der Waals surface area contributed by atoms with E-state index >= 15 is 0 Å². The van der Waals surface area contributed by atoms with Crippen LogP contribution in [-0.4, -0.2) is 52.8 Å². The first-order valence-electron chi connectivity index (χ1n) is 7.82. The minimum absolute atomic E-state index is 0.150. The van der Waals surface area contributed by atoms with Crippen molar-refractivity contribution in [3.63, 3.8) is 0 Å². The van der Waals surface area contributed by atoms with E-state index < -0.39 is 0 Å². The van der Waals surface area contributed by atoms with E-state index in [9.17, 15) is 0 Å². The Morgan fingerprint density at radius 1 is 1.10 bits per heavy atom. The van der Waals surface area contributed by atoms with Crippen LogP contribution in [0.5, 0.6) is 0 Å². The zero-order valence-electron chi connectivity index (χ0n) is 13.0. The van der Waals surface area contributed by atoms with Gasteiger partial charge in [-0.3, -0.25) is 0 Å². The second-order valence-corrected chi connectivity index (χ2v) is 5.53. The first kappa shape index (κ1) is 15.8. The van der Waals surface area contributed by atoms with Crippen LogP contribution in [0.1, 0.15) is 33.1 Å². The Bertz CT molecular complexity index is 435. The van der Waals surface area contributed by atoms with Crippen LogP contribution < -0.4 is 15.5 Å². The predicted molar refractivity (Wildman–Crippen MR) is 84.8 cm³/mol. The Morgan fingerprint density at radius 3 is 2.38 bits per heavy atom. The highest BCUT2D eigenvalue weighted by atomic mass is 16.3. The maximum absolute atomic E-state index is 9.10. The molecule has 1 saturated heterocycles. The van der Waals surface area contributed by atoms with E-state index in [0.29, 0.717) is 18.4 Å². The summed E-state index contributed by atoms with van der Waals surface area (Å²) in [4.78, 5) is 15.6. The molecule has 0 aromatic carbocycles. The highest BCUT2D eigenvalue weighted by Crippen LogP contribution is 2.18. The van der Waals surface area contributed by atoms with E-state index in [1.54, 1.807) is 0 Å². The molecule has 1 aromatic rings. The van der Waals surface area contributed by atoms with E-state index in [1.165, 1.54) is 19.3 Å². The molecule has 1 fully saturated rings. The Kier molecular flexibility index (Phi) is 5.98. The molecule has 1 unspecified atom stereocenters. The molecule has 2 heterocycles. The summed E-state index contributed by atoms with van der Waals surface area (Å²) < 4.78 is 0. The van der Waals surface area contributed by atoms with Gasteiger partial charge in [0.1, 0.15) is 0 Å². The molecule has 21 heavy (non-hydrogen) atoms. The average Bonchev–Trinajstić information content (AvgIpc) is 2.53. The highest BCUT2D eigenvalue weighted by molar-refractivity contribution is 5.44. The maximum atomic E-state index is 9.10. The number of anilines is 3. The van der Waals surface area contributed by atoms with Crippen molar-refractivity contribution in [2.24, 2.45) is 5.92 Å². The molecule has 1 atom stereocenters. The van der Waals surface area contributed by atoms with Gasteiger partial charge in [0, 0.05) is 32.8 Å². The molecular weight excluding hydrogens is 268 g/mol. The van der Waals surface area contributed by atoms with Crippen LogP contribution in [0.3, 0.4) is 0 Å². The van der Waals surface area contributed by atoms with Crippen molar-refractivity contribution in [3.05, 3.63) is 0 Å². The number of hydrogen-bond donors (Lipinski definition) is 3. The van der Waals surface area contributed by atoms with Crippen LogP contribution >= 0.6 is 0 Å². The molecule has 7 heteroatoms. The van der Waals surface area contributed by atoms with Gasteiger partial charge in [0.05, 0.1) is 0 Å². The zero-order chi connectivity index (χ0) is 15.1. The smallest absolute Gasteiger partial charge is 0.231 e. The number of hydrogen-bond acceptors (Lipinski definition) is 7. The molecule has 3 N–H and O–H groups in total. The first-order valence-corrected chi connectivity index (χ1v) is 7.82. The van der Waals surface area contributed by atoms with Crippen molar-refractivity contribution >= 4 is 17.8 Å². The number of nitrogens with zero attached hydrogens (tertiary/aromatic N) is 4. The summed E-state index contributed by atoms with van der Waals surface area (Å²) in [6.45, 7) is 7.57. The molecular formula is C14H26N6O. The molecule has 2 rings (SSSR count). The number of aliphatic hydroxyl groups excluding tert-OH is 1. The third kappa shape index (κ3) is 4.70. The van der Waals surface area contributed by atoms with Gasteiger partial charge in [-0.25, -0.2) is 0 Å². The van der Waals surface area contributed by atoms with Gasteiger partial charge in [0.15, 0.2) is 0 Å². The summed E-state index contributed by atoms with van der Waals surface area (Å²) in [5.74, 6) is 2.08. The van der Waals surface area contributed by atoms with E-state index in [1.807, 2.05) is 13.8 Å². The Hall–Kier alpha value is -1.63. The fraction of sp³-hybridized carbons (Fsp3) is 0.786. The van der Waals surface area contributed by atoms with Crippen LogP contribution in [0.25, 0.3) is 0 Å². The Labute approximate surface area is 126 Å². The fourth-order valence-corrected chi connectivity index (χ4v) is 2.25. The van der Waals surface area contributed by atoms with Crippen molar-refractivity contribution in [1.29, 1.82) is 0 Å². The molecule has 1 aliphatic rings. The SMILES string of the molecule is CCNc1nc(NCC(C)CO)nc(N2CCCCC2)n1.